The number of hydrogen-bond acceptors (Lipinski definition) is 2. The molecule has 0 saturated carbocycles. The van der Waals surface area contributed by atoms with Crippen LogP contribution in [0.25, 0.3) is 0 Å². The molecule has 1 N–H and O–H groups in total. The first-order chi connectivity index (χ1) is 8.99. The number of hydrogen-bond donors (Lipinski definition) is 1. The molecule has 0 aliphatic carbocycles. The fourth-order valence-corrected chi connectivity index (χ4v) is 3.91. The summed E-state index contributed by atoms with van der Waals surface area (Å²) in [5.41, 5.74) is 1.22. The second kappa shape index (κ2) is 7.81. The Bertz CT molecular complexity index is 391. The van der Waals surface area contributed by atoms with Gasteiger partial charge in [0, 0.05) is 22.1 Å². The van der Waals surface area contributed by atoms with E-state index < -0.39 is 10.8 Å². The van der Waals surface area contributed by atoms with Crippen LogP contribution in [-0.2, 0) is 10.8 Å². The van der Waals surface area contributed by atoms with Crippen molar-refractivity contribution in [2.45, 2.75) is 51.2 Å². The molecule has 3 heteroatoms. The average molecular weight is 281 g/mol. The first kappa shape index (κ1) is 16.4. The van der Waals surface area contributed by atoms with Crippen LogP contribution in [0.2, 0.25) is 0 Å². The third-order valence-corrected chi connectivity index (χ3v) is 6.01. The molecule has 4 atom stereocenters. The van der Waals surface area contributed by atoms with E-state index >= 15 is 0 Å². The standard InChI is InChI=1S/C16H27NOS/c1-6-17-16(15-10-8-7-9-11-15)14(5)19(18)13(4)12(2)3/h7-14,16-17H,6H2,1-5H3. The van der Waals surface area contributed by atoms with E-state index in [-0.39, 0.29) is 16.5 Å². The van der Waals surface area contributed by atoms with Gasteiger partial charge < -0.3 is 5.32 Å². The SMILES string of the molecule is CCNC(c1ccccc1)C(C)S(=O)C(C)C(C)C. The highest BCUT2D eigenvalue weighted by Crippen LogP contribution is 2.24. The summed E-state index contributed by atoms with van der Waals surface area (Å²) in [5, 5.41) is 3.81. The third kappa shape index (κ3) is 4.43. The van der Waals surface area contributed by atoms with Gasteiger partial charge in [-0.3, -0.25) is 4.21 Å². The van der Waals surface area contributed by atoms with Crippen molar-refractivity contribution in [2.75, 3.05) is 6.54 Å². The van der Waals surface area contributed by atoms with Crippen molar-refractivity contribution in [1.29, 1.82) is 0 Å². The van der Waals surface area contributed by atoms with Crippen molar-refractivity contribution in [3.05, 3.63) is 35.9 Å². The Hall–Kier alpha value is -0.670. The Morgan fingerprint density at radius 3 is 2.11 bits per heavy atom. The van der Waals surface area contributed by atoms with Gasteiger partial charge in [-0.2, -0.15) is 0 Å². The molecule has 0 bridgehead atoms. The normalized spacial score (nSPS) is 18.0. The molecular weight excluding hydrogens is 254 g/mol. The molecule has 4 unspecified atom stereocenters. The lowest BCUT2D eigenvalue weighted by atomic mass is 10.0. The van der Waals surface area contributed by atoms with Crippen LogP contribution in [0.3, 0.4) is 0 Å². The number of benzene rings is 1. The fourth-order valence-electron chi connectivity index (χ4n) is 2.18. The molecule has 0 aromatic heterocycles. The van der Waals surface area contributed by atoms with E-state index in [1.165, 1.54) is 5.56 Å². The molecule has 2 nitrogen and oxygen atoms in total. The highest BCUT2D eigenvalue weighted by atomic mass is 32.2. The highest BCUT2D eigenvalue weighted by molar-refractivity contribution is 7.86. The van der Waals surface area contributed by atoms with E-state index in [0.29, 0.717) is 5.92 Å². The summed E-state index contributed by atoms with van der Waals surface area (Å²) < 4.78 is 12.6. The summed E-state index contributed by atoms with van der Waals surface area (Å²) in [6.45, 7) is 11.4. The van der Waals surface area contributed by atoms with Gasteiger partial charge in [0.2, 0.25) is 0 Å². The van der Waals surface area contributed by atoms with Crippen LogP contribution in [0.4, 0.5) is 0 Å². The van der Waals surface area contributed by atoms with E-state index in [0.717, 1.165) is 6.54 Å². The van der Waals surface area contributed by atoms with Gasteiger partial charge in [0.15, 0.2) is 0 Å². The van der Waals surface area contributed by atoms with Crippen LogP contribution >= 0.6 is 0 Å². The minimum Gasteiger partial charge on any atom is -0.309 e. The Labute approximate surface area is 120 Å². The molecule has 1 rings (SSSR count). The summed E-state index contributed by atoms with van der Waals surface area (Å²) >= 11 is 0. The quantitative estimate of drug-likeness (QED) is 0.828. The molecule has 0 heterocycles. The molecular formula is C16H27NOS. The molecule has 1 aromatic carbocycles. The van der Waals surface area contributed by atoms with Crippen LogP contribution in [-0.4, -0.2) is 21.3 Å². The van der Waals surface area contributed by atoms with Gasteiger partial charge in [-0.1, -0.05) is 58.0 Å². The highest BCUT2D eigenvalue weighted by Gasteiger charge is 2.28. The van der Waals surface area contributed by atoms with Gasteiger partial charge in [-0.15, -0.1) is 0 Å². The zero-order valence-corrected chi connectivity index (χ0v) is 13.5. The van der Waals surface area contributed by atoms with E-state index in [1.54, 1.807) is 0 Å². The molecule has 0 aliphatic heterocycles. The van der Waals surface area contributed by atoms with Crippen molar-refractivity contribution in [3.8, 4) is 0 Å². The van der Waals surface area contributed by atoms with Gasteiger partial charge in [0.05, 0.1) is 5.25 Å². The van der Waals surface area contributed by atoms with E-state index in [1.807, 2.05) is 18.2 Å². The first-order valence-corrected chi connectivity index (χ1v) is 8.44. The maximum atomic E-state index is 12.6. The Morgan fingerprint density at radius 2 is 1.63 bits per heavy atom. The largest absolute Gasteiger partial charge is 0.309 e. The monoisotopic (exact) mass is 281 g/mol. The maximum absolute atomic E-state index is 12.6. The Morgan fingerprint density at radius 1 is 1.05 bits per heavy atom. The lowest BCUT2D eigenvalue weighted by Gasteiger charge is -2.28. The smallest absolute Gasteiger partial charge is 0.0517 e. The summed E-state index contributed by atoms with van der Waals surface area (Å²) in [6, 6.07) is 10.5. The fraction of sp³-hybridized carbons (Fsp3) is 0.625. The Balaban J connectivity index is 2.90. The minimum atomic E-state index is -0.834. The van der Waals surface area contributed by atoms with Crippen LogP contribution in [0.15, 0.2) is 30.3 Å². The zero-order chi connectivity index (χ0) is 14.4. The summed E-state index contributed by atoms with van der Waals surface area (Å²) in [5.74, 6) is 0.446. The van der Waals surface area contributed by atoms with Crippen LogP contribution in [0.5, 0.6) is 0 Å². The molecule has 19 heavy (non-hydrogen) atoms. The number of nitrogens with one attached hydrogen (secondary N) is 1. The van der Waals surface area contributed by atoms with Crippen molar-refractivity contribution < 1.29 is 4.21 Å². The molecule has 108 valence electrons. The van der Waals surface area contributed by atoms with Crippen molar-refractivity contribution in [2.24, 2.45) is 5.92 Å². The maximum Gasteiger partial charge on any atom is 0.0517 e. The predicted molar refractivity (Wildman–Crippen MR) is 84.8 cm³/mol. The van der Waals surface area contributed by atoms with E-state index in [9.17, 15) is 4.21 Å². The van der Waals surface area contributed by atoms with Gasteiger partial charge in [0.25, 0.3) is 0 Å². The molecule has 0 spiro atoms. The van der Waals surface area contributed by atoms with Crippen LogP contribution in [0.1, 0.15) is 46.2 Å². The van der Waals surface area contributed by atoms with Crippen molar-refractivity contribution in [3.63, 3.8) is 0 Å². The Kier molecular flexibility index (Phi) is 6.73. The molecule has 0 amide bonds. The molecule has 0 saturated heterocycles. The van der Waals surface area contributed by atoms with E-state index in [4.69, 9.17) is 0 Å². The first-order valence-electron chi connectivity index (χ1n) is 7.16. The predicted octanol–water partition coefficient (Wildman–Crippen LogP) is 3.52. The van der Waals surface area contributed by atoms with Gasteiger partial charge in [0.1, 0.15) is 0 Å². The zero-order valence-electron chi connectivity index (χ0n) is 12.7. The van der Waals surface area contributed by atoms with Crippen LogP contribution in [0, 0.1) is 5.92 Å². The summed E-state index contributed by atoms with van der Waals surface area (Å²) in [7, 11) is -0.834. The molecule has 1 aromatic rings. The number of rotatable bonds is 7. The van der Waals surface area contributed by atoms with Crippen molar-refractivity contribution in [1.82, 2.24) is 5.32 Å². The van der Waals surface area contributed by atoms with Gasteiger partial charge in [-0.25, -0.2) is 0 Å². The molecule has 0 fully saturated rings. The summed E-state index contributed by atoms with van der Waals surface area (Å²) in [4.78, 5) is 0. The topological polar surface area (TPSA) is 29.1 Å². The lowest BCUT2D eigenvalue weighted by molar-refractivity contribution is 0.524. The average Bonchev–Trinajstić information content (AvgIpc) is 2.43. The van der Waals surface area contributed by atoms with Gasteiger partial charge in [-0.05, 0) is 24.9 Å². The van der Waals surface area contributed by atoms with E-state index in [2.05, 4.69) is 52.1 Å². The second-order valence-corrected chi connectivity index (χ2v) is 7.57. The van der Waals surface area contributed by atoms with Crippen LogP contribution < -0.4 is 5.32 Å². The van der Waals surface area contributed by atoms with Crippen molar-refractivity contribution >= 4 is 10.8 Å². The summed E-state index contributed by atoms with van der Waals surface area (Å²) in [6.07, 6.45) is 0. The molecule has 0 aliphatic rings. The lowest BCUT2D eigenvalue weighted by Crippen LogP contribution is -2.37. The minimum absolute atomic E-state index is 0.111. The second-order valence-electron chi connectivity index (χ2n) is 5.43. The van der Waals surface area contributed by atoms with Gasteiger partial charge >= 0.3 is 0 Å². The third-order valence-electron chi connectivity index (χ3n) is 3.72. The molecule has 0 radical (unpaired) electrons.